The third-order valence-electron chi connectivity index (χ3n) is 4.79. The number of carbonyl (C=O) groups is 3. The van der Waals surface area contributed by atoms with Crippen LogP contribution in [-0.4, -0.2) is 46.6 Å². The van der Waals surface area contributed by atoms with Crippen LogP contribution in [0.4, 0.5) is 0 Å². The zero-order valence-corrected chi connectivity index (χ0v) is 15.6. The van der Waals surface area contributed by atoms with Gasteiger partial charge >= 0.3 is 5.97 Å². The molecular weight excluding hydrogens is 362 g/mol. The SMILES string of the molecule is NCCC[C@H](NC(=O)/C=C/c1cccc(O)c1)C(=O)NC1CCC[C@H]1C(=O)O. The van der Waals surface area contributed by atoms with E-state index in [1.807, 2.05) is 0 Å². The molecule has 0 aromatic heterocycles. The van der Waals surface area contributed by atoms with Crippen molar-refractivity contribution in [2.24, 2.45) is 11.7 Å². The molecule has 3 atom stereocenters. The molecular formula is C20H27N3O5. The molecule has 0 spiro atoms. The van der Waals surface area contributed by atoms with Gasteiger partial charge in [-0.25, -0.2) is 0 Å². The first-order valence-electron chi connectivity index (χ1n) is 9.41. The summed E-state index contributed by atoms with van der Waals surface area (Å²) in [5.74, 6) is -2.28. The van der Waals surface area contributed by atoms with E-state index < -0.39 is 35.8 Å². The predicted octanol–water partition coefficient (Wildman–Crippen LogP) is 0.999. The molecule has 8 nitrogen and oxygen atoms in total. The largest absolute Gasteiger partial charge is 0.508 e. The summed E-state index contributed by atoms with van der Waals surface area (Å²) >= 11 is 0. The molecule has 1 aromatic rings. The number of carbonyl (C=O) groups excluding carboxylic acids is 2. The van der Waals surface area contributed by atoms with Crippen LogP contribution in [0.25, 0.3) is 6.08 Å². The van der Waals surface area contributed by atoms with Crippen LogP contribution in [0, 0.1) is 5.92 Å². The number of hydrogen-bond acceptors (Lipinski definition) is 5. The molecule has 0 aliphatic heterocycles. The number of aromatic hydroxyl groups is 1. The first-order chi connectivity index (χ1) is 13.4. The lowest BCUT2D eigenvalue weighted by Crippen LogP contribution is -2.51. The van der Waals surface area contributed by atoms with E-state index >= 15 is 0 Å². The zero-order chi connectivity index (χ0) is 20.5. The molecule has 1 unspecified atom stereocenters. The first-order valence-corrected chi connectivity index (χ1v) is 9.41. The predicted molar refractivity (Wildman–Crippen MR) is 104 cm³/mol. The van der Waals surface area contributed by atoms with Crippen LogP contribution in [0.3, 0.4) is 0 Å². The second-order valence-electron chi connectivity index (χ2n) is 6.91. The number of aliphatic carboxylic acids is 1. The lowest BCUT2D eigenvalue weighted by Gasteiger charge is -2.22. The summed E-state index contributed by atoms with van der Waals surface area (Å²) < 4.78 is 0. The molecule has 0 saturated heterocycles. The standard InChI is InChI=1S/C20H27N3O5/c21-11-3-8-17(19(26)23-16-7-2-6-15(16)20(27)28)22-18(25)10-9-13-4-1-5-14(24)12-13/h1,4-5,9-10,12,15-17,24H,2-3,6-8,11,21H2,(H,22,25)(H,23,26)(H,27,28)/b10-9+/t15-,16?,17+/m1/s1. The van der Waals surface area contributed by atoms with Gasteiger partial charge in [-0.2, -0.15) is 0 Å². The molecule has 1 fully saturated rings. The van der Waals surface area contributed by atoms with Gasteiger partial charge in [0.25, 0.3) is 0 Å². The molecule has 0 radical (unpaired) electrons. The number of hydrogen-bond donors (Lipinski definition) is 5. The topological polar surface area (TPSA) is 142 Å². The van der Waals surface area contributed by atoms with Crippen molar-refractivity contribution in [1.29, 1.82) is 0 Å². The minimum Gasteiger partial charge on any atom is -0.508 e. The van der Waals surface area contributed by atoms with E-state index in [0.717, 1.165) is 6.42 Å². The van der Waals surface area contributed by atoms with Crippen molar-refractivity contribution in [2.75, 3.05) is 6.54 Å². The summed E-state index contributed by atoms with van der Waals surface area (Å²) in [4.78, 5) is 36.1. The Labute approximate surface area is 163 Å². The van der Waals surface area contributed by atoms with Crippen molar-refractivity contribution in [2.45, 2.75) is 44.2 Å². The van der Waals surface area contributed by atoms with E-state index in [2.05, 4.69) is 10.6 Å². The molecule has 2 amide bonds. The summed E-state index contributed by atoms with van der Waals surface area (Å²) in [7, 11) is 0. The Morgan fingerprint density at radius 3 is 2.75 bits per heavy atom. The number of carboxylic acids is 1. The number of nitrogens with one attached hydrogen (secondary N) is 2. The normalized spacial score (nSPS) is 20.0. The number of benzene rings is 1. The summed E-state index contributed by atoms with van der Waals surface area (Å²) in [6.07, 6.45) is 5.61. The molecule has 1 aliphatic rings. The molecule has 0 bridgehead atoms. The molecule has 1 aromatic carbocycles. The van der Waals surface area contributed by atoms with Crippen LogP contribution in [-0.2, 0) is 14.4 Å². The van der Waals surface area contributed by atoms with Gasteiger partial charge in [-0.1, -0.05) is 18.6 Å². The van der Waals surface area contributed by atoms with Crippen molar-refractivity contribution in [3.63, 3.8) is 0 Å². The van der Waals surface area contributed by atoms with Gasteiger partial charge in [0.2, 0.25) is 11.8 Å². The van der Waals surface area contributed by atoms with Crippen molar-refractivity contribution in [1.82, 2.24) is 10.6 Å². The average Bonchev–Trinajstić information content (AvgIpc) is 3.12. The summed E-state index contributed by atoms with van der Waals surface area (Å²) in [5, 5.41) is 24.1. The fourth-order valence-electron chi connectivity index (χ4n) is 3.32. The van der Waals surface area contributed by atoms with E-state index in [9.17, 15) is 24.6 Å². The first kappa shape index (κ1) is 21.4. The van der Waals surface area contributed by atoms with Gasteiger partial charge in [0, 0.05) is 12.1 Å². The Bertz CT molecular complexity index is 734. The summed E-state index contributed by atoms with van der Waals surface area (Å²) in [5.41, 5.74) is 6.17. The highest BCUT2D eigenvalue weighted by atomic mass is 16.4. The Kier molecular flexibility index (Phi) is 8.01. The third kappa shape index (κ3) is 6.38. The molecule has 152 valence electrons. The smallest absolute Gasteiger partial charge is 0.308 e. The monoisotopic (exact) mass is 389 g/mol. The second-order valence-corrected chi connectivity index (χ2v) is 6.91. The molecule has 6 N–H and O–H groups in total. The van der Waals surface area contributed by atoms with E-state index in [-0.39, 0.29) is 5.75 Å². The van der Waals surface area contributed by atoms with Gasteiger partial charge < -0.3 is 26.6 Å². The average molecular weight is 389 g/mol. The minimum absolute atomic E-state index is 0.0901. The van der Waals surface area contributed by atoms with E-state index in [1.54, 1.807) is 12.1 Å². The maximum Gasteiger partial charge on any atom is 0.308 e. The lowest BCUT2D eigenvalue weighted by atomic mass is 10.0. The highest BCUT2D eigenvalue weighted by molar-refractivity contribution is 5.95. The fourth-order valence-corrected chi connectivity index (χ4v) is 3.32. The van der Waals surface area contributed by atoms with Crippen LogP contribution < -0.4 is 16.4 Å². The van der Waals surface area contributed by atoms with Gasteiger partial charge in [0.05, 0.1) is 5.92 Å². The Morgan fingerprint density at radius 1 is 1.29 bits per heavy atom. The second kappa shape index (κ2) is 10.5. The Morgan fingerprint density at radius 2 is 2.07 bits per heavy atom. The molecule has 2 rings (SSSR count). The fraction of sp³-hybridized carbons (Fsp3) is 0.450. The molecule has 28 heavy (non-hydrogen) atoms. The van der Waals surface area contributed by atoms with Crippen LogP contribution in [0.1, 0.15) is 37.7 Å². The third-order valence-corrected chi connectivity index (χ3v) is 4.79. The van der Waals surface area contributed by atoms with Gasteiger partial charge in [0.15, 0.2) is 0 Å². The number of phenolic OH excluding ortho intramolecular Hbond substituents is 1. The molecule has 1 saturated carbocycles. The van der Waals surface area contributed by atoms with Gasteiger partial charge in [0.1, 0.15) is 11.8 Å². The Balaban J connectivity index is 1.98. The van der Waals surface area contributed by atoms with Crippen molar-refractivity contribution < 1.29 is 24.6 Å². The highest BCUT2D eigenvalue weighted by Gasteiger charge is 2.35. The number of carboxylic acid groups (broad SMARTS) is 1. The number of phenols is 1. The quantitative estimate of drug-likeness (QED) is 0.399. The Hall–Kier alpha value is -2.87. The maximum absolute atomic E-state index is 12.6. The van der Waals surface area contributed by atoms with Crippen LogP contribution >= 0.6 is 0 Å². The van der Waals surface area contributed by atoms with Crippen molar-refractivity contribution in [3.05, 3.63) is 35.9 Å². The van der Waals surface area contributed by atoms with Crippen LogP contribution in [0.5, 0.6) is 5.75 Å². The minimum atomic E-state index is -0.917. The van der Waals surface area contributed by atoms with Crippen LogP contribution in [0.2, 0.25) is 0 Å². The number of rotatable bonds is 9. The highest BCUT2D eigenvalue weighted by Crippen LogP contribution is 2.26. The zero-order valence-electron chi connectivity index (χ0n) is 15.6. The van der Waals surface area contributed by atoms with Crippen LogP contribution in [0.15, 0.2) is 30.3 Å². The van der Waals surface area contributed by atoms with E-state index in [4.69, 9.17) is 5.73 Å². The van der Waals surface area contributed by atoms with Gasteiger partial charge in [-0.3, -0.25) is 14.4 Å². The number of amides is 2. The lowest BCUT2D eigenvalue weighted by molar-refractivity contribution is -0.142. The molecule has 0 heterocycles. The number of nitrogens with two attached hydrogens (primary N) is 1. The maximum atomic E-state index is 12.6. The molecule has 1 aliphatic carbocycles. The van der Waals surface area contributed by atoms with E-state index in [1.165, 1.54) is 24.3 Å². The van der Waals surface area contributed by atoms with Gasteiger partial charge in [-0.15, -0.1) is 0 Å². The summed E-state index contributed by atoms with van der Waals surface area (Å²) in [6, 6.07) is 5.20. The molecule has 8 heteroatoms. The summed E-state index contributed by atoms with van der Waals surface area (Å²) in [6.45, 7) is 0.375. The van der Waals surface area contributed by atoms with Crippen molar-refractivity contribution >= 4 is 23.9 Å². The van der Waals surface area contributed by atoms with E-state index in [0.29, 0.717) is 37.8 Å². The van der Waals surface area contributed by atoms with Gasteiger partial charge in [-0.05, 0) is 56.0 Å². The van der Waals surface area contributed by atoms with Crippen molar-refractivity contribution in [3.8, 4) is 5.75 Å².